The molecule has 3 nitrogen and oxygen atoms in total. The standard InChI is InChI=1S/C12H10BrNO2/c1-7-5-9(6-8(2)14-7)11(15)12-10(13)3-4-16-12/h3-6H,1-2H3. The number of ketones is 1. The summed E-state index contributed by atoms with van der Waals surface area (Å²) in [5, 5.41) is 0. The van der Waals surface area contributed by atoms with Gasteiger partial charge in [-0.3, -0.25) is 9.78 Å². The molecule has 0 radical (unpaired) electrons. The third-order valence-electron chi connectivity index (χ3n) is 2.17. The molecule has 0 amide bonds. The van der Waals surface area contributed by atoms with Gasteiger partial charge in [0.1, 0.15) is 0 Å². The molecule has 4 heteroatoms. The maximum absolute atomic E-state index is 12.1. The second-order valence-electron chi connectivity index (χ2n) is 3.57. The highest BCUT2D eigenvalue weighted by Gasteiger charge is 2.16. The highest BCUT2D eigenvalue weighted by atomic mass is 79.9. The average molecular weight is 280 g/mol. The van der Waals surface area contributed by atoms with Gasteiger partial charge in [0.25, 0.3) is 0 Å². The van der Waals surface area contributed by atoms with E-state index in [9.17, 15) is 4.79 Å². The lowest BCUT2D eigenvalue weighted by atomic mass is 10.1. The first kappa shape index (κ1) is 11.1. The Hall–Kier alpha value is -1.42. The van der Waals surface area contributed by atoms with E-state index in [1.807, 2.05) is 13.8 Å². The van der Waals surface area contributed by atoms with Gasteiger partial charge in [0.15, 0.2) is 5.76 Å². The van der Waals surface area contributed by atoms with Gasteiger partial charge < -0.3 is 4.42 Å². The molecule has 0 atom stereocenters. The van der Waals surface area contributed by atoms with Gasteiger partial charge in [0.05, 0.1) is 10.7 Å². The Kier molecular flexibility index (Phi) is 2.92. The van der Waals surface area contributed by atoms with Crippen LogP contribution in [-0.4, -0.2) is 10.8 Å². The topological polar surface area (TPSA) is 43.1 Å². The number of hydrogen-bond donors (Lipinski definition) is 0. The van der Waals surface area contributed by atoms with Crippen LogP contribution >= 0.6 is 15.9 Å². The highest BCUT2D eigenvalue weighted by Crippen LogP contribution is 2.21. The molecule has 2 aromatic heterocycles. The molecule has 82 valence electrons. The van der Waals surface area contributed by atoms with Gasteiger partial charge in [0.2, 0.25) is 5.78 Å². The molecular weight excluding hydrogens is 270 g/mol. The van der Waals surface area contributed by atoms with Crippen molar-refractivity contribution in [1.82, 2.24) is 4.98 Å². The van der Waals surface area contributed by atoms with Gasteiger partial charge in [-0.25, -0.2) is 0 Å². The lowest BCUT2D eigenvalue weighted by Crippen LogP contribution is -2.02. The molecule has 2 rings (SSSR count). The van der Waals surface area contributed by atoms with Gasteiger partial charge in [-0.2, -0.15) is 0 Å². The van der Waals surface area contributed by atoms with Crippen LogP contribution in [0.5, 0.6) is 0 Å². The summed E-state index contributed by atoms with van der Waals surface area (Å²) < 4.78 is 5.81. The lowest BCUT2D eigenvalue weighted by Gasteiger charge is -2.02. The Morgan fingerprint density at radius 3 is 2.44 bits per heavy atom. The molecule has 0 aromatic carbocycles. The number of rotatable bonds is 2. The normalized spacial score (nSPS) is 10.4. The Balaban J connectivity index is 2.45. The molecule has 0 N–H and O–H groups in total. The number of furan rings is 1. The van der Waals surface area contributed by atoms with Crippen LogP contribution < -0.4 is 0 Å². The summed E-state index contributed by atoms with van der Waals surface area (Å²) in [5.41, 5.74) is 2.25. The zero-order chi connectivity index (χ0) is 11.7. The number of aromatic nitrogens is 1. The van der Waals surface area contributed by atoms with Gasteiger partial charge in [0, 0.05) is 17.0 Å². The van der Waals surface area contributed by atoms with Crippen molar-refractivity contribution in [1.29, 1.82) is 0 Å². The van der Waals surface area contributed by atoms with E-state index in [1.165, 1.54) is 6.26 Å². The Morgan fingerprint density at radius 1 is 1.31 bits per heavy atom. The molecule has 0 saturated carbocycles. The first-order chi connectivity index (χ1) is 7.58. The fourth-order valence-electron chi connectivity index (χ4n) is 1.55. The molecule has 0 aliphatic carbocycles. The van der Waals surface area contributed by atoms with Gasteiger partial charge >= 0.3 is 0 Å². The van der Waals surface area contributed by atoms with Crippen molar-refractivity contribution in [2.75, 3.05) is 0 Å². The van der Waals surface area contributed by atoms with Crippen molar-refractivity contribution in [3.05, 3.63) is 51.6 Å². The van der Waals surface area contributed by atoms with Crippen LogP contribution in [-0.2, 0) is 0 Å². The average Bonchev–Trinajstić information content (AvgIpc) is 2.62. The zero-order valence-corrected chi connectivity index (χ0v) is 10.5. The molecule has 0 aliphatic rings. The maximum Gasteiger partial charge on any atom is 0.229 e. The number of aryl methyl sites for hydroxylation is 2. The summed E-state index contributed by atoms with van der Waals surface area (Å²) in [7, 11) is 0. The smallest absolute Gasteiger partial charge is 0.229 e. The van der Waals surface area contributed by atoms with Crippen molar-refractivity contribution < 1.29 is 9.21 Å². The van der Waals surface area contributed by atoms with Gasteiger partial charge in [-0.15, -0.1) is 0 Å². The molecule has 0 aliphatic heterocycles. The Morgan fingerprint density at radius 2 is 1.94 bits per heavy atom. The van der Waals surface area contributed by atoms with Crippen molar-refractivity contribution in [3.63, 3.8) is 0 Å². The van der Waals surface area contributed by atoms with Gasteiger partial charge in [-0.1, -0.05) is 0 Å². The molecule has 0 spiro atoms. The predicted octanol–water partition coefficient (Wildman–Crippen LogP) is 3.28. The van der Waals surface area contributed by atoms with E-state index < -0.39 is 0 Å². The molecule has 2 aromatic rings. The monoisotopic (exact) mass is 279 g/mol. The number of halogens is 1. The summed E-state index contributed by atoms with van der Waals surface area (Å²) in [6.07, 6.45) is 1.48. The molecule has 0 saturated heterocycles. The van der Waals surface area contributed by atoms with Crippen molar-refractivity contribution in [2.24, 2.45) is 0 Å². The first-order valence-corrected chi connectivity index (χ1v) is 5.60. The number of nitrogens with zero attached hydrogens (tertiary/aromatic N) is 1. The Bertz CT molecular complexity index is 525. The van der Waals surface area contributed by atoms with E-state index in [0.29, 0.717) is 15.8 Å². The van der Waals surface area contributed by atoms with Crippen molar-refractivity contribution >= 4 is 21.7 Å². The maximum atomic E-state index is 12.1. The summed E-state index contributed by atoms with van der Waals surface area (Å²) in [6, 6.07) is 5.21. The molecule has 0 fully saturated rings. The van der Waals surface area contributed by atoms with Crippen molar-refractivity contribution in [3.8, 4) is 0 Å². The quantitative estimate of drug-likeness (QED) is 0.793. The minimum Gasteiger partial charge on any atom is -0.460 e. The van der Waals surface area contributed by atoms with Crippen LogP contribution in [0.2, 0.25) is 0 Å². The zero-order valence-electron chi connectivity index (χ0n) is 8.95. The van der Waals surface area contributed by atoms with E-state index in [-0.39, 0.29) is 5.78 Å². The van der Waals surface area contributed by atoms with E-state index >= 15 is 0 Å². The fraction of sp³-hybridized carbons (Fsp3) is 0.167. The minimum absolute atomic E-state index is 0.134. The number of pyridine rings is 1. The van der Waals surface area contributed by atoms with E-state index in [4.69, 9.17) is 4.42 Å². The molecular formula is C12H10BrNO2. The number of carbonyl (C=O) groups excluding carboxylic acids is 1. The minimum atomic E-state index is -0.134. The first-order valence-electron chi connectivity index (χ1n) is 4.81. The van der Waals surface area contributed by atoms with Crippen molar-refractivity contribution in [2.45, 2.75) is 13.8 Å². The molecule has 16 heavy (non-hydrogen) atoms. The third kappa shape index (κ3) is 2.07. The summed E-state index contributed by atoms with van der Waals surface area (Å²) in [5.74, 6) is 0.190. The number of hydrogen-bond acceptors (Lipinski definition) is 3. The van der Waals surface area contributed by atoms with Crippen LogP contribution in [0.3, 0.4) is 0 Å². The third-order valence-corrected chi connectivity index (χ3v) is 2.79. The van der Waals surface area contributed by atoms with Crippen LogP contribution in [0.25, 0.3) is 0 Å². The second-order valence-corrected chi connectivity index (χ2v) is 4.42. The van der Waals surface area contributed by atoms with E-state index in [0.717, 1.165) is 11.4 Å². The summed E-state index contributed by atoms with van der Waals surface area (Å²) in [4.78, 5) is 16.3. The van der Waals surface area contributed by atoms with E-state index in [1.54, 1.807) is 18.2 Å². The van der Waals surface area contributed by atoms with Crippen LogP contribution in [0.4, 0.5) is 0 Å². The lowest BCUT2D eigenvalue weighted by molar-refractivity contribution is 0.101. The van der Waals surface area contributed by atoms with Gasteiger partial charge in [-0.05, 0) is 48.0 Å². The molecule has 2 heterocycles. The highest BCUT2D eigenvalue weighted by molar-refractivity contribution is 9.10. The SMILES string of the molecule is Cc1cc(C(=O)c2occc2Br)cc(C)n1. The summed E-state index contributed by atoms with van der Waals surface area (Å²) >= 11 is 3.27. The predicted molar refractivity (Wildman–Crippen MR) is 63.6 cm³/mol. The van der Waals surface area contributed by atoms with E-state index in [2.05, 4.69) is 20.9 Å². The Labute approximate surface area is 102 Å². The molecule has 0 unspecified atom stereocenters. The number of carbonyl (C=O) groups is 1. The molecule has 0 bridgehead atoms. The largest absolute Gasteiger partial charge is 0.460 e. The summed E-state index contributed by atoms with van der Waals surface area (Å²) in [6.45, 7) is 3.72. The second kappa shape index (κ2) is 4.22. The van der Waals surface area contributed by atoms with Crippen LogP contribution in [0, 0.1) is 13.8 Å². The van der Waals surface area contributed by atoms with Crippen LogP contribution in [0.15, 0.2) is 33.4 Å². The fourth-order valence-corrected chi connectivity index (χ4v) is 1.93. The van der Waals surface area contributed by atoms with Crippen LogP contribution in [0.1, 0.15) is 27.5 Å².